The molecule has 1 saturated heterocycles. The van der Waals surface area contributed by atoms with E-state index in [0.717, 1.165) is 23.0 Å². The van der Waals surface area contributed by atoms with E-state index in [-0.39, 0.29) is 5.91 Å². The molecule has 2 unspecified atom stereocenters. The minimum absolute atomic E-state index is 0.125. The second-order valence-electron chi connectivity index (χ2n) is 5.70. The number of amides is 1. The maximum absolute atomic E-state index is 12.3. The van der Waals surface area contributed by atoms with Crippen LogP contribution >= 0.6 is 15.9 Å². The Morgan fingerprint density at radius 2 is 2.15 bits per heavy atom. The number of likely N-dealkylation sites (tertiary alicyclic amines) is 1. The molecule has 3 N–H and O–H groups in total. The monoisotopic (exact) mass is 339 g/mol. The fourth-order valence-corrected chi connectivity index (χ4v) is 2.82. The zero-order chi connectivity index (χ0) is 14.8. The molecule has 0 bridgehead atoms. The second kappa shape index (κ2) is 6.24. The predicted octanol–water partition coefficient (Wildman–Crippen LogP) is 1.83. The standard InChI is InChI=1S/C15H22BrN3O/c1-15(17,11-5-7-12(16)8-6-11)14(20)18-10-13-4-3-9-19(13)2/h5-8,13H,3-4,9-10,17H2,1-2H3,(H,18,20). The molecule has 0 aromatic heterocycles. The first-order valence-electron chi connectivity index (χ1n) is 6.94. The normalized spacial score (nSPS) is 22.5. The second-order valence-corrected chi connectivity index (χ2v) is 6.61. The average Bonchev–Trinajstić information content (AvgIpc) is 2.82. The lowest BCUT2D eigenvalue weighted by Gasteiger charge is -2.26. The smallest absolute Gasteiger partial charge is 0.244 e. The first-order chi connectivity index (χ1) is 9.41. The van der Waals surface area contributed by atoms with Crippen molar-refractivity contribution in [2.24, 2.45) is 5.73 Å². The summed E-state index contributed by atoms with van der Waals surface area (Å²) in [6.45, 7) is 3.52. The van der Waals surface area contributed by atoms with E-state index in [1.165, 1.54) is 6.42 Å². The maximum atomic E-state index is 12.3. The van der Waals surface area contributed by atoms with E-state index in [0.29, 0.717) is 12.6 Å². The van der Waals surface area contributed by atoms with Crippen LogP contribution in [0.1, 0.15) is 25.3 Å². The number of benzene rings is 1. The van der Waals surface area contributed by atoms with Gasteiger partial charge in [-0.25, -0.2) is 0 Å². The Kier molecular flexibility index (Phi) is 4.83. The van der Waals surface area contributed by atoms with Gasteiger partial charge in [0.2, 0.25) is 5.91 Å². The van der Waals surface area contributed by atoms with Crippen LogP contribution in [0.25, 0.3) is 0 Å². The van der Waals surface area contributed by atoms with Crippen molar-refractivity contribution in [1.29, 1.82) is 0 Å². The van der Waals surface area contributed by atoms with Crippen molar-refractivity contribution >= 4 is 21.8 Å². The molecule has 2 rings (SSSR count). The highest BCUT2D eigenvalue weighted by molar-refractivity contribution is 9.10. The van der Waals surface area contributed by atoms with Crippen LogP contribution in [-0.2, 0) is 10.3 Å². The summed E-state index contributed by atoms with van der Waals surface area (Å²) in [4.78, 5) is 14.6. The van der Waals surface area contributed by atoms with Gasteiger partial charge in [-0.3, -0.25) is 4.79 Å². The summed E-state index contributed by atoms with van der Waals surface area (Å²) < 4.78 is 0.977. The summed E-state index contributed by atoms with van der Waals surface area (Å²) in [6, 6.07) is 7.99. The molecule has 1 aromatic carbocycles. The van der Waals surface area contributed by atoms with Gasteiger partial charge in [0, 0.05) is 17.1 Å². The van der Waals surface area contributed by atoms with E-state index in [1.807, 2.05) is 24.3 Å². The van der Waals surface area contributed by atoms with Crippen LogP contribution in [-0.4, -0.2) is 37.0 Å². The Labute approximate surface area is 128 Å². The van der Waals surface area contributed by atoms with E-state index in [2.05, 4.69) is 33.2 Å². The highest BCUT2D eigenvalue weighted by atomic mass is 79.9. The topological polar surface area (TPSA) is 58.4 Å². The molecule has 0 saturated carbocycles. The van der Waals surface area contributed by atoms with Gasteiger partial charge < -0.3 is 16.0 Å². The third kappa shape index (κ3) is 3.40. The van der Waals surface area contributed by atoms with Crippen LogP contribution in [0, 0.1) is 0 Å². The van der Waals surface area contributed by atoms with E-state index in [9.17, 15) is 4.79 Å². The lowest BCUT2D eigenvalue weighted by atomic mass is 9.92. The zero-order valence-corrected chi connectivity index (χ0v) is 13.6. The predicted molar refractivity (Wildman–Crippen MR) is 84.3 cm³/mol. The Hall–Kier alpha value is -0.910. The lowest BCUT2D eigenvalue weighted by molar-refractivity contribution is -0.126. The average molecular weight is 340 g/mol. The Morgan fingerprint density at radius 1 is 1.50 bits per heavy atom. The fraction of sp³-hybridized carbons (Fsp3) is 0.533. The summed E-state index contributed by atoms with van der Waals surface area (Å²) >= 11 is 3.38. The number of hydrogen-bond donors (Lipinski definition) is 2. The number of carbonyl (C=O) groups excluding carboxylic acids is 1. The van der Waals surface area contributed by atoms with Gasteiger partial charge in [0.15, 0.2) is 0 Å². The molecule has 1 amide bonds. The quantitative estimate of drug-likeness (QED) is 0.879. The Balaban J connectivity index is 1.98. The van der Waals surface area contributed by atoms with Crippen LogP contribution in [0.4, 0.5) is 0 Å². The summed E-state index contributed by atoms with van der Waals surface area (Å²) in [5.41, 5.74) is 6.03. The van der Waals surface area contributed by atoms with E-state index < -0.39 is 5.54 Å². The third-order valence-corrected chi connectivity index (χ3v) is 4.61. The number of likely N-dealkylation sites (N-methyl/N-ethyl adjacent to an activating group) is 1. The van der Waals surface area contributed by atoms with Crippen LogP contribution in [0.3, 0.4) is 0 Å². The first kappa shape index (κ1) is 15.5. The molecule has 0 radical (unpaired) electrons. The number of hydrogen-bond acceptors (Lipinski definition) is 3. The van der Waals surface area contributed by atoms with Crippen LogP contribution in [0.15, 0.2) is 28.7 Å². The molecule has 0 aliphatic carbocycles. The molecular weight excluding hydrogens is 318 g/mol. The SMILES string of the molecule is CN1CCCC1CNC(=O)C(C)(N)c1ccc(Br)cc1. The van der Waals surface area contributed by atoms with Gasteiger partial charge in [0.25, 0.3) is 0 Å². The Morgan fingerprint density at radius 3 is 2.70 bits per heavy atom. The van der Waals surface area contributed by atoms with Gasteiger partial charge >= 0.3 is 0 Å². The molecule has 110 valence electrons. The van der Waals surface area contributed by atoms with Gasteiger partial charge in [-0.1, -0.05) is 28.1 Å². The van der Waals surface area contributed by atoms with Gasteiger partial charge in [-0.2, -0.15) is 0 Å². The Bertz CT molecular complexity index is 473. The minimum atomic E-state index is -1.00. The zero-order valence-electron chi connectivity index (χ0n) is 12.0. The van der Waals surface area contributed by atoms with Crippen molar-refractivity contribution in [1.82, 2.24) is 10.2 Å². The fourth-order valence-electron chi connectivity index (χ4n) is 2.56. The van der Waals surface area contributed by atoms with Crippen molar-refractivity contribution in [2.75, 3.05) is 20.1 Å². The van der Waals surface area contributed by atoms with E-state index in [4.69, 9.17) is 5.73 Å². The van der Waals surface area contributed by atoms with Crippen molar-refractivity contribution in [3.05, 3.63) is 34.3 Å². The van der Waals surface area contributed by atoms with E-state index >= 15 is 0 Å². The molecule has 4 nitrogen and oxygen atoms in total. The van der Waals surface area contributed by atoms with Gasteiger partial charge in [-0.05, 0) is 51.1 Å². The molecule has 1 aromatic rings. The molecule has 0 spiro atoms. The van der Waals surface area contributed by atoms with Gasteiger partial charge in [-0.15, -0.1) is 0 Å². The largest absolute Gasteiger partial charge is 0.353 e. The number of carbonyl (C=O) groups is 1. The first-order valence-corrected chi connectivity index (χ1v) is 7.74. The molecule has 1 aliphatic heterocycles. The van der Waals surface area contributed by atoms with Gasteiger partial charge in [0.05, 0.1) is 0 Å². The lowest BCUT2D eigenvalue weighted by Crippen LogP contribution is -2.51. The maximum Gasteiger partial charge on any atom is 0.244 e. The molecule has 2 atom stereocenters. The number of nitrogens with two attached hydrogens (primary N) is 1. The molecule has 1 heterocycles. The number of rotatable bonds is 4. The molecule has 20 heavy (non-hydrogen) atoms. The number of nitrogens with zero attached hydrogens (tertiary/aromatic N) is 1. The third-order valence-electron chi connectivity index (χ3n) is 4.09. The molecular formula is C15H22BrN3O. The molecule has 5 heteroatoms. The van der Waals surface area contributed by atoms with Crippen LogP contribution in [0.2, 0.25) is 0 Å². The van der Waals surface area contributed by atoms with Crippen molar-refractivity contribution in [3.63, 3.8) is 0 Å². The van der Waals surface area contributed by atoms with Crippen molar-refractivity contribution in [2.45, 2.75) is 31.3 Å². The number of halogens is 1. The molecule has 1 aliphatic rings. The van der Waals surface area contributed by atoms with E-state index in [1.54, 1.807) is 6.92 Å². The summed E-state index contributed by atoms with van der Waals surface area (Å²) in [5, 5.41) is 2.99. The van der Waals surface area contributed by atoms with Gasteiger partial charge in [0.1, 0.15) is 5.54 Å². The van der Waals surface area contributed by atoms with Crippen molar-refractivity contribution < 1.29 is 4.79 Å². The van der Waals surface area contributed by atoms with Crippen LogP contribution < -0.4 is 11.1 Å². The highest BCUT2D eigenvalue weighted by Crippen LogP contribution is 2.21. The molecule has 1 fully saturated rings. The van der Waals surface area contributed by atoms with Crippen LogP contribution in [0.5, 0.6) is 0 Å². The summed E-state index contributed by atoms with van der Waals surface area (Å²) in [7, 11) is 2.10. The summed E-state index contributed by atoms with van der Waals surface area (Å²) in [5.74, 6) is -0.125. The van der Waals surface area contributed by atoms with Crippen molar-refractivity contribution in [3.8, 4) is 0 Å². The highest BCUT2D eigenvalue weighted by Gasteiger charge is 2.31. The summed E-state index contributed by atoms with van der Waals surface area (Å²) in [6.07, 6.45) is 2.33. The minimum Gasteiger partial charge on any atom is -0.353 e. The number of nitrogens with one attached hydrogen (secondary N) is 1.